The average molecular weight is 396 g/mol. The monoisotopic (exact) mass is 396 g/mol. The van der Waals surface area contributed by atoms with Crippen molar-refractivity contribution in [2.75, 3.05) is 11.9 Å². The van der Waals surface area contributed by atoms with E-state index in [1.54, 1.807) is 6.07 Å². The van der Waals surface area contributed by atoms with Gasteiger partial charge in [0.05, 0.1) is 5.69 Å². The molecule has 0 fully saturated rings. The van der Waals surface area contributed by atoms with Gasteiger partial charge < -0.3 is 20.4 Å². The molecule has 1 aromatic carbocycles. The van der Waals surface area contributed by atoms with Crippen molar-refractivity contribution in [3.63, 3.8) is 0 Å². The maximum absolute atomic E-state index is 12.5. The van der Waals surface area contributed by atoms with Crippen molar-refractivity contribution >= 4 is 11.6 Å². The van der Waals surface area contributed by atoms with Gasteiger partial charge in [-0.15, -0.1) is 23.4 Å². The summed E-state index contributed by atoms with van der Waals surface area (Å²) >= 11 is 0. The zero-order valence-electron chi connectivity index (χ0n) is 15.4. The number of hydrogen-bond donors (Lipinski definition) is 2. The van der Waals surface area contributed by atoms with E-state index >= 15 is 0 Å². The van der Waals surface area contributed by atoms with Gasteiger partial charge in [-0.25, -0.2) is 0 Å². The number of aryl methyl sites for hydroxylation is 2. The Balaban J connectivity index is 1.53. The smallest absolute Gasteiger partial charge is 0.404 e. The Labute approximate surface area is 160 Å². The Kier molecular flexibility index (Phi) is 6.37. The lowest BCUT2D eigenvalue weighted by Crippen LogP contribution is -2.24. The summed E-state index contributed by atoms with van der Waals surface area (Å²) < 4.78 is 43.6. The van der Waals surface area contributed by atoms with Crippen LogP contribution in [0.3, 0.4) is 0 Å². The Morgan fingerprint density at radius 2 is 2.04 bits per heavy atom. The number of alkyl halides is 3. The fourth-order valence-electron chi connectivity index (χ4n) is 3.13. The van der Waals surface area contributed by atoms with Crippen LogP contribution in [-0.4, -0.2) is 33.6 Å². The highest BCUT2D eigenvalue weighted by atomic mass is 19.4. The molecule has 152 valence electrons. The molecule has 2 heterocycles. The van der Waals surface area contributed by atoms with E-state index < -0.39 is 6.36 Å². The van der Waals surface area contributed by atoms with Gasteiger partial charge in [-0.1, -0.05) is 18.6 Å². The minimum atomic E-state index is -4.78. The van der Waals surface area contributed by atoms with Gasteiger partial charge in [0.1, 0.15) is 11.6 Å². The number of aliphatic imine (C=N–C) groups is 1. The first-order chi connectivity index (χ1) is 13.4. The Morgan fingerprint density at radius 1 is 1.21 bits per heavy atom. The molecule has 1 aromatic heterocycles. The molecule has 10 heteroatoms. The summed E-state index contributed by atoms with van der Waals surface area (Å²) in [5, 5.41) is 11.2. The van der Waals surface area contributed by atoms with E-state index in [0.29, 0.717) is 13.0 Å². The number of nitrogens with zero attached hydrogens (tertiary/aromatic N) is 4. The van der Waals surface area contributed by atoms with Crippen LogP contribution in [0.1, 0.15) is 37.3 Å². The summed E-state index contributed by atoms with van der Waals surface area (Å²) in [4.78, 5) is 4.18. The Morgan fingerprint density at radius 3 is 2.86 bits per heavy atom. The second kappa shape index (κ2) is 8.94. The predicted molar refractivity (Wildman–Crippen MR) is 99.1 cm³/mol. The molecule has 0 amide bonds. The molecule has 0 aliphatic carbocycles. The quantitative estimate of drug-likeness (QED) is 0.444. The number of guanidine groups is 1. The number of aromatic nitrogens is 3. The standard InChI is InChI=1S/C18H23F3N6O/c19-18(20,21)28-14-8-4-3-7-13(14)24-17(22)23-11-6-10-16-26-25-15-9-2-1-5-12-27(15)16/h3-4,7-8H,1-2,5-6,9-12H2,(H3,22,23,24). The summed E-state index contributed by atoms with van der Waals surface area (Å²) in [6, 6.07) is 5.67. The van der Waals surface area contributed by atoms with E-state index in [9.17, 15) is 13.2 Å². The summed E-state index contributed by atoms with van der Waals surface area (Å²) in [5.41, 5.74) is 5.90. The van der Waals surface area contributed by atoms with Crippen LogP contribution in [-0.2, 0) is 19.4 Å². The highest BCUT2D eigenvalue weighted by Gasteiger charge is 2.32. The number of rotatable bonds is 6. The fraction of sp³-hybridized carbons (Fsp3) is 0.500. The van der Waals surface area contributed by atoms with Gasteiger partial charge in [0.25, 0.3) is 0 Å². The highest BCUT2D eigenvalue weighted by molar-refractivity contribution is 5.93. The molecule has 0 atom stereocenters. The average Bonchev–Trinajstić information content (AvgIpc) is 2.85. The number of nitrogens with one attached hydrogen (secondary N) is 1. The van der Waals surface area contributed by atoms with Crippen molar-refractivity contribution in [2.24, 2.45) is 10.7 Å². The fourth-order valence-corrected chi connectivity index (χ4v) is 3.13. The van der Waals surface area contributed by atoms with Crippen LogP contribution >= 0.6 is 0 Å². The molecule has 3 N–H and O–H groups in total. The summed E-state index contributed by atoms with van der Waals surface area (Å²) in [7, 11) is 0. The maximum Gasteiger partial charge on any atom is 0.573 e. The van der Waals surface area contributed by atoms with Crippen LogP contribution < -0.4 is 15.8 Å². The molecule has 0 bridgehead atoms. The number of anilines is 1. The molecule has 3 rings (SSSR count). The van der Waals surface area contributed by atoms with Crippen molar-refractivity contribution in [1.82, 2.24) is 14.8 Å². The van der Waals surface area contributed by atoms with Crippen molar-refractivity contribution in [2.45, 2.75) is 51.4 Å². The molecule has 0 saturated heterocycles. The SMILES string of the molecule is NC(=NCCCc1nnc2n1CCCCC2)Nc1ccccc1OC(F)(F)F. The molecule has 0 spiro atoms. The minimum absolute atomic E-state index is 0.0262. The minimum Gasteiger partial charge on any atom is -0.404 e. The molecule has 1 aliphatic heterocycles. The topological polar surface area (TPSA) is 90.4 Å². The largest absolute Gasteiger partial charge is 0.573 e. The molecule has 28 heavy (non-hydrogen) atoms. The molecule has 2 aromatic rings. The third-order valence-corrected chi connectivity index (χ3v) is 4.40. The number of benzene rings is 1. The van der Waals surface area contributed by atoms with Crippen LogP contribution in [0.5, 0.6) is 5.75 Å². The van der Waals surface area contributed by atoms with Crippen LogP contribution in [0.15, 0.2) is 29.3 Å². The highest BCUT2D eigenvalue weighted by Crippen LogP contribution is 2.29. The summed E-state index contributed by atoms with van der Waals surface area (Å²) in [6.45, 7) is 1.37. The normalized spacial score (nSPS) is 15.0. The molecule has 0 saturated carbocycles. The lowest BCUT2D eigenvalue weighted by Gasteiger charge is -2.14. The lowest BCUT2D eigenvalue weighted by atomic mass is 10.2. The van der Waals surface area contributed by atoms with Gasteiger partial charge in [0.2, 0.25) is 0 Å². The number of ether oxygens (including phenoxy) is 1. The van der Waals surface area contributed by atoms with E-state index in [1.807, 2.05) is 0 Å². The first kappa shape index (κ1) is 20.0. The Hall–Kier alpha value is -2.78. The van der Waals surface area contributed by atoms with Crippen molar-refractivity contribution in [3.05, 3.63) is 35.9 Å². The van der Waals surface area contributed by atoms with Crippen LogP contribution in [0.2, 0.25) is 0 Å². The molecular formula is C18H23F3N6O. The second-order valence-corrected chi connectivity index (χ2v) is 6.53. The number of nitrogens with two attached hydrogens (primary N) is 1. The third-order valence-electron chi connectivity index (χ3n) is 4.40. The van der Waals surface area contributed by atoms with E-state index in [-0.39, 0.29) is 17.4 Å². The van der Waals surface area contributed by atoms with Gasteiger partial charge in [0, 0.05) is 25.9 Å². The third kappa shape index (κ3) is 5.61. The number of hydrogen-bond acceptors (Lipinski definition) is 4. The van der Waals surface area contributed by atoms with Crippen LogP contribution in [0, 0.1) is 0 Å². The van der Waals surface area contributed by atoms with Crippen LogP contribution in [0.4, 0.5) is 18.9 Å². The van der Waals surface area contributed by atoms with Crippen molar-refractivity contribution in [3.8, 4) is 5.75 Å². The Bertz CT molecular complexity index is 818. The van der Waals surface area contributed by atoms with Crippen LogP contribution in [0.25, 0.3) is 0 Å². The summed E-state index contributed by atoms with van der Waals surface area (Å²) in [5.74, 6) is 1.65. The molecule has 1 aliphatic rings. The van der Waals surface area contributed by atoms with E-state index in [0.717, 1.165) is 43.9 Å². The molecular weight excluding hydrogens is 373 g/mol. The molecule has 7 nitrogen and oxygen atoms in total. The first-order valence-corrected chi connectivity index (χ1v) is 9.25. The van der Waals surface area contributed by atoms with Gasteiger partial charge in [0.15, 0.2) is 11.7 Å². The molecule has 0 unspecified atom stereocenters. The van der Waals surface area contributed by atoms with E-state index in [2.05, 4.69) is 29.8 Å². The van der Waals surface area contributed by atoms with Gasteiger partial charge in [-0.2, -0.15) is 0 Å². The number of halogens is 3. The molecule has 0 radical (unpaired) electrons. The van der Waals surface area contributed by atoms with Gasteiger partial charge in [-0.05, 0) is 31.4 Å². The van der Waals surface area contributed by atoms with E-state index in [1.165, 1.54) is 24.6 Å². The zero-order chi connectivity index (χ0) is 20.0. The lowest BCUT2D eigenvalue weighted by molar-refractivity contribution is -0.274. The van der Waals surface area contributed by atoms with Gasteiger partial charge >= 0.3 is 6.36 Å². The van der Waals surface area contributed by atoms with Crippen molar-refractivity contribution < 1.29 is 17.9 Å². The summed E-state index contributed by atoms with van der Waals surface area (Å²) in [6.07, 6.45) is 1.09. The number of para-hydroxylation sites is 2. The predicted octanol–water partition coefficient (Wildman–Crippen LogP) is 3.26. The van der Waals surface area contributed by atoms with E-state index in [4.69, 9.17) is 5.73 Å². The maximum atomic E-state index is 12.5. The van der Waals surface area contributed by atoms with Gasteiger partial charge in [-0.3, -0.25) is 4.99 Å². The first-order valence-electron chi connectivity index (χ1n) is 9.25. The van der Waals surface area contributed by atoms with Crippen molar-refractivity contribution in [1.29, 1.82) is 0 Å². The second-order valence-electron chi connectivity index (χ2n) is 6.53. The zero-order valence-corrected chi connectivity index (χ0v) is 15.4. The number of fused-ring (bicyclic) bond motifs is 1.